The highest BCUT2D eigenvalue weighted by Crippen LogP contribution is 2.31. The highest BCUT2D eigenvalue weighted by molar-refractivity contribution is 5.99. The molecule has 0 bridgehead atoms. The summed E-state index contributed by atoms with van der Waals surface area (Å²) in [6.45, 7) is 0.486. The van der Waals surface area contributed by atoms with Crippen molar-refractivity contribution in [3.8, 4) is 5.75 Å². The van der Waals surface area contributed by atoms with Gasteiger partial charge >= 0.3 is 12.1 Å². The lowest BCUT2D eigenvalue weighted by Crippen LogP contribution is -2.35. The van der Waals surface area contributed by atoms with Gasteiger partial charge in [0.25, 0.3) is 5.91 Å². The van der Waals surface area contributed by atoms with Crippen LogP contribution in [0.5, 0.6) is 5.75 Å². The number of esters is 1. The summed E-state index contributed by atoms with van der Waals surface area (Å²) in [6.07, 6.45) is -4.59. The van der Waals surface area contributed by atoms with Gasteiger partial charge in [0.2, 0.25) is 0 Å². The number of carbonyl (C=O) groups is 2. The molecule has 156 valence electrons. The van der Waals surface area contributed by atoms with E-state index in [9.17, 15) is 22.8 Å². The van der Waals surface area contributed by atoms with E-state index in [2.05, 4.69) is 10.1 Å². The number of benzene rings is 2. The summed E-state index contributed by atoms with van der Waals surface area (Å²) < 4.78 is 54.1. The number of para-hydroxylation sites is 1. The molecule has 0 fully saturated rings. The Morgan fingerprint density at radius 3 is 2.41 bits per heavy atom. The summed E-state index contributed by atoms with van der Waals surface area (Å²) >= 11 is 0. The van der Waals surface area contributed by atoms with Crippen LogP contribution in [-0.4, -0.2) is 39.3 Å². The molecule has 0 aliphatic heterocycles. The van der Waals surface area contributed by atoms with Gasteiger partial charge in [0, 0.05) is 7.11 Å². The molecule has 9 heteroatoms. The summed E-state index contributed by atoms with van der Waals surface area (Å²) in [5, 5.41) is 2.42. The third kappa shape index (κ3) is 5.95. The lowest BCUT2D eigenvalue weighted by molar-refractivity contribution is -0.143. The van der Waals surface area contributed by atoms with Gasteiger partial charge in [-0.05, 0) is 29.8 Å². The first kappa shape index (κ1) is 22.2. The van der Waals surface area contributed by atoms with Gasteiger partial charge in [0.1, 0.15) is 12.4 Å². The van der Waals surface area contributed by atoms with Gasteiger partial charge < -0.3 is 19.5 Å². The standard InChI is InChI=1S/C20H20F3NO5/c1-27-10-11-29-16-9-4-3-8-15(16)18(25)24-17(19(26)28-2)13-6-5-7-14(12-13)20(21,22)23/h3-9,12,17H,10-11H2,1-2H3,(H,24,25). The first-order valence-electron chi connectivity index (χ1n) is 8.54. The van der Waals surface area contributed by atoms with Gasteiger partial charge in [-0.25, -0.2) is 4.79 Å². The van der Waals surface area contributed by atoms with E-state index >= 15 is 0 Å². The maximum absolute atomic E-state index is 13.0. The molecule has 0 aliphatic rings. The number of rotatable bonds is 8. The highest BCUT2D eigenvalue weighted by Gasteiger charge is 2.32. The van der Waals surface area contributed by atoms with Crippen LogP contribution in [0.25, 0.3) is 0 Å². The van der Waals surface area contributed by atoms with Crippen LogP contribution >= 0.6 is 0 Å². The summed E-state index contributed by atoms with van der Waals surface area (Å²) in [5.74, 6) is -1.36. The monoisotopic (exact) mass is 411 g/mol. The lowest BCUT2D eigenvalue weighted by Gasteiger charge is -2.19. The molecule has 29 heavy (non-hydrogen) atoms. The van der Waals surface area contributed by atoms with Gasteiger partial charge in [-0.1, -0.05) is 24.3 Å². The molecule has 1 N–H and O–H groups in total. The van der Waals surface area contributed by atoms with Crippen molar-refractivity contribution in [3.05, 3.63) is 65.2 Å². The minimum absolute atomic E-state index is 0.0576. The van der Waals surface area contributed by atoms with Gasteiger partial charge in [-0.15, -0.1) is 0 Å². The number of hydrogen-bond donors (Lipinski definition) is 1. The number of halogens is 3. The SMILES string of the molecule is COCCOc1ccccc1C(=O)NC(C(=O)OC)c1cccc(C(F)(F)F)c1. The summed E-state index contributed by atoms with van der Waals surface area (Å²) in [6, 6.07) is 8.97. The Balaban J connectivity index is 2.30. The Morgan fingerprint density at radius 1 is 1.03 bits per heavy atom. The van der Waals surface area contributed by atoms with E-state index in [0.29, 0.717) is 6.61 Å². The van der Waals surface area contributed by atoms with E-state index in [-0.39, 0.29) is 23.5 Å². The topological polar surface area (TPSA) is 73.9 Å². The molecule has 1 unspecified atom stereocenters. The number of nitrogens with one attached hydrogen (secondary N) is 1. The molecule has 0 aromatic heterocycles. The minimum atomic E-state index is -4.59. The van der Waals surface area contributed by atoms with Crippen LogP contribution in [0.1, 0.15) is 27.5 Å². The van der Waals surface area contributed by atoms with E-state index in [1.807, 2.05) is 0 Å². The normalized spacial score (nSPS) is 12.2. The third-order valence-electron chi connectivity index (χ3n) is 3.94. The average molecular weight is 411 g/mol. The van der Waals surface area contributed by atoms with Crippen LogP contribution in [0.3, 0.4) is 0 Å². The Morgan fingerprint density at radius 2 is 1.76 bits per heavy atom. The zero-order valence-corrected chi connectivity index (χ0v) is 15.8. The van der Waals surface area contributed by atoms with Gasteiger partial charge in [-0.2, -0.15) is 13.2 Å². The quantitative estimate of drug-likeness (QED) is 0.533. The molecule has 1 amide bonds. The fourth-order valence-electron chi connectivity index (χ4n) is 2.51. The van der Waals surface area contributed by atoms with E-state index in [1.165, 1.54) is 19.2 Å². The molecule has 0 saturated carbocycles. The number of methoxy groups -OCH3 is 2. The molecule has 2 aromatic rings. The molecule has 0 heterocycles. The number of hydrogen-bond acceptors (Lipinski definition) is 5. The molecule has 0 radical (unpaired) electrons. The van der Waals surface area contributed by atoms with Crippen molar-refractivity contribution in [1.82, 2.24) is 5.32 Å². The van der Waals surface area contributed by atoms with Crippen molar-refractivity contribution in [2.24, 2.45) is 0 Å². The van der Waals surface area contributed by atoms with Crippen LogP contribution in [0.4, 0.5) is 13.2 Å². The first-order valence-corrected chi connectivity index (χ1v) is 8.54. The van der Waals surface area contributed by atoms with Crippen LogP contribution in [0.15, 0.2) is 48.5 Å². The Hall–Kier alpha value is -3.07. The minimum Gasteiger partial charge on any atom is -0.490 e. The molecule has 1 atom stereocenters. The number of carbonyl (C=O) groups excluding carboxylic acids is 2. The zero-order valence-electron chi connectivity index (χ0n) is 15.8. The van der Waals surface area contributed by atoms with Gasteiger partial charge in [-0.3, -0.25) is 4.79 Å². The van der Waals surface area contributed by atoms with Crippen molar-refractivity contribution in [1.29, 1.82) is 0 Å². The van der Waals surface area contributed by atoms with Crippen LogP contribution in [0, 0.1) is 0 Å². The Labute approximate surface area is 165 Å². The fraction of sp³-hybridized carbons (Fsp3) is 0.300. The summed E-state index contributed by atoms with van der Waals surface area (Å²) in [4.78, 5) is 24.9. The molecule has 0 spiro atoms. The molecule has 0 saturated heterocycles. The molecule has 0 aliphatic carbocycles. The molecular weight excluding hydrogens is 391 g/mol. The largest absolute Gasteiger partial charge is 0.490 e. The Bertz CT molecular complexity index is 854. The number of alkyl halides is 3. The second-order valence-electron chi connectivity index (χ2n) is 5.89. The van der Waals surface area contributed by atoms with Crippen molar-refractivity contribution >= 4 is 11.9 Å². The van der Waals surface area contributed by atoms with E-state index < -0.39 is 29.7 Å². The van der Waals surface area contributed by atoms with E-state index in [0.717, 1.165) is 25.3 Å². The van der Waals surface area contributed by atoms with E-state index in [1.54, 1.807) is 18.2 Å². The number of ether oxygens (including phenoxy) is 3. The zero-order chi connectivity index (χ0) is 21.4. The van der Waals surface area contributed by atoms with Gasteiger partial charge in [0.15, 0.2) is 6.04 Å². The average Bonchev–Trinajstić information content (AvgIpc) is 2.71. The third-order valence-corrected chi connectivity index (χ3v) is 3.94. The molecule has 2 aromatic carbocycles. The second kappa shape index (κ2) is 9.92. The second-order valence-corrected chi connectivity index (χ2v) is 5.89. The van der Waals surface area contributed by atoms with Crippen LogP contribution < -0.4 is 10.1 Å². The van der Waals surface area contributed by atoms with Crippen molar-refractivity contribution in [2.75, 3.05) is 27.4 Å². The lowest BCUT2D eigenvalue weighted by atomic mass is 10.0. The van der Waals surface area contributed by atoms with Crippen molar-refractivity contribution < 1.29 is 37.0 Å². The summed E-state index contributed by atoms with van der Waals surface area (Å²) in [7, 11) is 2.58. The Kier molecular flexibility index (Phi) is 7.60. The maximum Gasteiger partial charge on any atom is 0.416 e. The maximum atomic E-state index is 13.0. The predicted octanol–water partition coefficient (Wildman–Crippen LogP) is 3.37. The first-order chi connectivity index (χ1) is 13.8. The smallest absolute Gasteiger partial charge is 0.416 e. The number of amides is 1. The fourth-order valence-corrected chi connectivity index (χ4v) is 2.51. The highest BCUT2D eigenvalue weighted by atomic mass is 19.4. The van der Waals surface area contributed by atoms with Crippen LogP contribution in [-0.2, 0) is 20.4 Å². The molecule has 2 rings (SSSR count). The van der Waals surface area contributed by atoms with Crippen molar-refractivity contribution in [2.45, 2.75) is 12.2 Å². The molecular formula is C20H20F3NO5. The van der Waals surface area contributed by atoms with E-state index in [4.69, 9.17) is 9.47 Å². The van der Waals surface area contributed by atoms with Crippen LogP contribution in [0.2, 0.25) is 0 Å². The summed E-state index contributed by atoms with van der Waals surface area (Å²) in [5.41, 5.74) is -0.885. The van der Waals surface area contributed by atoms with Gasteiger partial charge in [0.05, 0.1) is 24.8 Å². The molecule has 6 nitrogen and oxygen atoms in total. The van der Waals surface area contributed by atoms with Crippen molar-refractivity contribution in [3.63, 3.8) is 0 Å². The predicted molar refractivity (Wildman–Crippen MR) is 97.5 cm³/mol.